The summed E-state index contributed by atoms with van der Waals surface area (Å²) in [5.41, 5.74) is 0. The van der Waals surface area contributed by atoms with Crippen LogP contribution in [0.15, 0.2) is 0 Å². The molecule has 1 atom stereocenters. The highest BCUT2D eigenvalue weighted by atomic mass is 32.3. The van der Waals surface area contributed by atoms with E-state index in [1.807, 2.05) is 0 Å². The molecular formula is C13H28O5S-2. The number of hydrogen-bond donors (Lipinski definition) is 1. The highest BCUT2D eigenvalue weighted by Gasteiger charge is 1.97. The van der Waals surface area contributed by atoms with Crippen molar-refractivity contribution < 1.29 is 22.6 Å². The molecule has 5 nitrogen and oxygen atoms in total. The minimum atomic E-state index is -5.17. The second kappa shape index (κ2) is 14.2. The minimum absolute atomic E-state index is 0.369. The molecule has 0 heterocycles. The van der Waals surface area contributed by atoms with Gasteiger partial charge in [0.1, 0.15) is 0 Å². The number of aliphatic hydroxyl groups excluding tert-OH is 1. The molecular weight excluding hydrogens is 268 g/mol. The van der Waals surface area contributed by atoms with E-state index in [0.717, 1.165) is 12.3 Å². The van der Waals surface area contributed by atoms with Gasteiger partial charge in [0.25, 0.3) is 0 Å². The van der Waals surface area contributed by atoms with Gasteiger partial charge in [0.05, 0.1) is 0 Å². The van der Waals surface area contributed by atoms with Crippen LogP contribution in [0.3, 0.4) is 0 Å². The summed E-state index contributed by atoms with van der Waals surface area (Å²) in [6.45, 7) is 4.99. The van der Waals surface area contributed by atoms with Gasteiger partial charge in [-0.2, -0.15) is 0 Å². The van der Waals surface area contributed by atoms with E-state index in [9.17, 15) is 0 Å². The minimum Gasteiger partial charge on any atom is -0.759 e. The third-order valence-electron chi connectivity index (χ3n) is 3.05. The Hall–Kier alpha value is -0.170. The summed E-state index contributed by atoms with van der Waals surface area (Å²) < 4.78 is 34.1. The lowest BCUT2D eigenvalue weighted by Crippen LogP contribution is -1.91. The fourth-order valence-corrected chi connectivity index (χ4v) is 1.69. The Labute approximate surface area is 118 Å². The Bertz CT molecular complexity index is 256. The van der Waals surface area contributed by atoms with Crippen molar-refractivity contribution >= 4 is 10.4 Å². The van der Waals surface area contributed by atoms with Crippen molar-refractivity contribution in [2.45, 2.75) is 71.6 Å². The summed E-state index contributed by atoms with van der Waals surface area (Å²) in [4.78, 5) is 0. The largest absolute Gasteiger partial charge is 0.759 e. The van der Waals surface area contributed by atoms with Crippen molar-refractivity contribution in [2.75, 3.05) is 6.61 Å². The molecule has 118 valence electrons. The van der Waals surface area contributed by atoms with Crippen LogP contribution in [-0.2, 0) is 10.4 Å². The molecule has 0 rings (SSSR count). The Kier molecular flexibility index (Phi) is 15.8. The van der Waals surface area contributed by atoms with Crippen molar-refractivity contribution in [2.24, 2.45) is 5.92 Å². The summed E-state index contributed by atoms with van der Waals surface area (Å²) in [5, 5.41) is 8.60. The molecule has 0 bridgehead atoms. The maximum Gasteiger partial charge on any atom is 0.0431 e. The third kappa shape index (κ3) is 31.9. The maximum atomic E-state index is 8.60. The summed E-state index contributed by atoms with van der Waals surface area (Å²) in [7, 11) is -5.17. The molecule has 0 saturated heterocycles. The van der Waals surface area contributed by atoms with Crippen LogP contribution in [0.5, 0.6) is 0 Å². The van der Waals surface area contributed by atoms with E-state index in [2.05, 4.69) is 13.8 Å². The normalized spacial score (nSPS) is 12.7. The van der Waals surface area contributed by atoms with Gasteiger partial charge in [0.2, 0.25) is 0 Å². The molecule has 19 heavy (non-hydrogen) atoms. The van der Waals surface area contributed by atoms with E-state index < -0.39 is 10.4 Å². The first-order valence-corrected chi connectivity index (χ1v) is 8.42. The fraction of sp³-hybridized carbons (Fsp3) is 1.00. The second-order valence-electron chi connectivity index (χ2n) is 4.91. The van der Waals surface area contributed by atoms with E-state index in [-0.39, 0.29) is 0 Å². The zero-order chi connectivity index (χ0) is 15.1. The summed E-state index contributed by atoms with van der Waals surface area (Å²) in [5.74, 6) is 0.921. The highest BCUT2D eigenvalue weighted by Crippen LogP contribution is 2.14. The molecule has 0 aliphatic rings. The quantitative estimate of drug-likeness (QED) is 0.379. The second-order valence-corrected chi connectivity index (χ2v) is 5.73. The van der Waals surface area contributed by atoms with Crippen LogP contribution in [0.4, 0.5) is 0 Å². The summed E-state index contributed by atoms with van der Waals surface area (Å²) in [6, 6.07) is 0. The van der Waals surface area contributed by atoms with E-state index in [0.29, 0.717) is 6.61 Å². The molecule has 0 saturated carbocycles. The predicted molar refractivity (Wildman–Crippen MR) is 74.0 cm³/mol. The van der Waals surface area contributed by atoms with Crippen LogP contribution in [0, 0.1) is 5.92 Å². The average Bonchev–Trinajstić information content (AvgIpc) is 2.30. The van der Waals surface area contributed by atoms with Gasteiger partial charge >= 0.3 is 0 Å². The van der Waals surface area contributed by atoms with Crippen LogP contribution >= 0.6 is 0 Å². The van der Waals surface area contributed by atoms with Crippen LogP contribution in [-0.4, -0.2) is 29.2 Å². The first kappa shape index (κ1) is 21.1. The smallest absolute Gasteiger partial charge is 0.0431 e. The molecule has 0 aromatic rings. The summed E-state index contributed by atoms with van der Waals surface area (Å²) >= 11 is 0. The Morgan fingerprint density at radius 3 is 1.68 bits per heavy atom. The standard InChI is InChI=1S/C13H28O.H2O4S/c1-3-13(2)11-9-7-5-4-6-8-10-12-14;1-5(2,3)4/h13-14H,3-12H2,1-2H3;(H2,1,2,3,4)/p-2. The monoisotopic (exact) mass is 296 g/mol. The van der Waals surface area contributed by atoms with Gasteiger partial charge in [-0.15, -0.1) is 0 Å². The maximum absolute atomic E-state index is 8.60. The number of unbranched alkanes of at least 4 members (excludes halogenated alkanes) is 6. The van der Waals surface area contributed by atoms with Gasteiger partial charge in [-0.05, 0) is 12.3 Å². The molecule has 1 N–H and O–H groups in total. The molecule has 0 aromatic heterocycles. The molecule has 0 radical (unpaired) electrons. The van der Waals surface area contributed by atoms with Crippen molar-refractivity contribution in [3.8, 4) is 0 Å². The summed E-state index contributed by atoms with van der Waals surface area (Å²) in [6.07, 6.45) is 11.8. The van der Waals surface area contributed by atoms with Gasteiger partial charge in [-0.3, -0.25) is 8.42 Å². The fourth-order valence-electron chi connectivity index (χ4n) is 1.69. The lowest BCUT2D eigenvalue weighted by molar-refractivity contribution is 0.282. The number of rotatable bonds is 10. The number of aliphatic hydroxyl groups is 1. The predicted octanol–water partition coefficient (Wildman–Crippen LogP) is 2.81. The molecule has 6 heteroatoms. The molecule has 0 aliphatic heterocycles. The molecule has 0 fully saturated rings. The Morgan fingerprint density at radius 1 is 0.947 bits per heavy atom. The average molecular weight is 296 g/mol. The Morgan fingerprint density at radius 2 is 1.32 bits per heavy atom. The van der Waals surface area contributed by atoms with E-state index in [1.165, 1.54) is 51.4 Å². The van der Waals surface area contributed by atoms with Crippen molar-refractivity contribution in [1.29, 1.82) is 0 Å². The van der Waals surface area contributed by atoms with Gasteiger partial charge in [-0.25, -0.2) is 0 Å². The van der Waals surface area contributed by atoms with Crippen molar-refractivity contribution in [1.82, 2.24) is 0 Å². The van der Waals surface area contributed by atoms with Crippen molar-refractivity contribution in [3.05, 3.63) is 0 Å². The molecule has 1 unspecified atom stereocenters. The van der Waals surface area contributed by atoms with Crippen LogP contribution in [0.1, 0.15) is 71.6 Å². The first-order valence-electron chi connectivity index (χ1n) is 7.08. The van der Waals surface area contributed by atoms with E-state index >= 15 is 0 Å². The van der Waals surface area contributed by atoms with E-state index in [4.69, 9.17) is 22.6 Å². The van der Waals surface area contributed by atoms with Crippen LogP contribution < -0.4 is 0 Å². The van der Waals surface area contributed by atoms with E-state index in [1.54, 1.807) is 0 Å². The number of hydrogen-bond acceptors (Lipinski definition) is 5. The topological polar surface area (TPSA) is 100 Å². The lowest BCUT2D eigenvalue weighted by atomic mass is 10.00. The van der Waals surface area contributed by atoms with Gasteiger partial charge in [0.15, 0.2) is 0 Å². The first-order chi connectivity index (χ1) is 8.81. The molecule has 0 spiro atoms. The zero-order valence-electron chi connectivity index (χ0n) is 12.1. The van der Waals surface area contributed by atoms with Gasteiger partial charge < -0.3 is 14.2 Å². The van der Waals surface area contributed by atoms with Crippen LogP contribution in [0.2, 0.25) is 0 Å². The third-order valence-corrected chi connectivity index (χ3v) is 3.05. The SMILES string of the molecule is CCC(C)CCCCCCCCCO.O=S(=O)([O-])[O-]. The van der Waals surface area contributed by atoms with Crippen LogP contribution in [0.25, 0.3) is 0 Å². The zero-order valence-corrected chi connectivity index (χ0v) is 13.0. The van der Waals surface area contributed by atoms with Crippen molar-refractivity contribution in [3.63, 3.8) is 0 Å². The molecule has 0 aromatic carbocycles. The highest BCUT2D eigenvalue weighted by molar-refractivity contribution is 7.79. The Balaban J connectivity index is 0. The lowest BCUT2D eigenvalue weighted by Gasteiger charge is -2.07. The van der Waals surface area contributed by atoms with Gasteiger partial charge in [-0.1, -0.05) is 65.2 Å². The molecule has 0 amide bonds. The molecule has 0 aliphatic carbocycles. The van der Waals surface area contributed by atoms with Gasteiger partial charge in [0, 0.05) is 17.0 Å².